The number of nitrogens with zero attached hydrogens (tertiary/aromatic N) is 4. The standard InChI is InChI=1S/C31H49FN6O4/c1-3-5-6-7-8-9-10-11-12-13-14-15-16-17-18-19-20-34-30(40)41-22-31(4-2)24(39)21-25(42-31)38-23-35-26-27(33)36-29(32)37-28(26)38/h2,23-25,39H,3,5-22H2,1H3,(H,34,40)(H2,33,36,37)/t24-,25+,31+/m0/s1. The van der Waals surface area contributed by atoms with Gasteiger partial charge in [-0.2, -0.15) is 14.4 Å². The predicted molar refractivity (Wildman–Crippen MR) is 161 cm³/mol. The van der Waals surface area contributed by atoms with Crippen molar-refractivity contribution in [3.8, 4) is 12.3 Å². The summed E-state index contributed by atoms with van der Waals surface area (Å²) in [5, 5.41) is 13.4. The van der Waals surface area contributed by atoms with Gasteiger partial charge >= 0.3 is 12.2 Å². The van der Waals surface area contributed by atoms with E-state index in [-0.39, 0.29) is 30.0 Å². The summed E-state index contributed by atoms with van der Waals surface area (Å²) < 4.78 is 26.4. The fourth-order valence-electron chi connectivity index (χ4n) is 5.43. The van der Waals surface area contributed by atoms with Crippen molar-refractivity contribution >= 4 is 23.1 Å². The van der Waals surface area contributed by atoms with Crippen LogP contribution in [0.15, 0.2) is 6.33 Å². The summed E-state index contributed by atoms with van der Waals surface area (Å²) in [5.74, 6) is 2.32. The molecule has 0 spiro atoms. The number of hydrogen-bond donors (Lipinski definition) is 3. The summed E-state index contributed by atoms with van der Waals surface area (Å²) in [6, 6.07) is 0. The molecule has 1 fully saturated rings. The normalized spacial score (nSPS) is 20.1. The number of hydrogen-bond acceptors (Lipinski definition) is 8. The number of carbonyl (C=O) groups excluding carboxylic acids is 1. The van der Waals surface area contributed by atoms with Crippen LogP contribution in [0.3, 0.4) is 0 Å². The topological polar surface area (TPSA) is 137 Å². The molecule has 0 bridgehead atoms. The molecule has 1 amide bonds. The Balaban J connectivity index is 1.23. The minimum atomic E-state index is -1.57. The Morgan fingerprint density at radius 3 is 2.24 bits per heavy atom. The van der Waals surface area contributed by atoms with Crippen molar-refractivity contribution in [1.29, 1.82) is 0 Å². The van der Waals surface area contributed by atoms with Crippen LogP contribution >= 0.6 is 0 Å². The van der Waals surface area contributed by atoms with Gasteiger partial charge in [0.1, 0.15) is 18.9 Å². The first-order valence-corrected chi connectivity index (χ1v) is 15.8. The van der Waals surface area contributed by atoms with E-state index in [0.717, 1.165) is 19.3 Å². The van der Waals surface area contributed by atoms with Crippen molar-refractivity contribution < 1.29 is 23.8 Å². The smallest absolute Gasteiger partial charge is 0.407 e. The van der Waals surface area contributed by atoms with E-state index in [4.69, 9.17) is 21.6 Å². The van der Waals surface area contributed by atoms with E-state index in [1.54, 1.807) is 0 Å². The summed E-state index contributed by atoms with van der Waals surface area (Å²) in [7, 11) is 0. The minimum absolute atomic E-state index is 0.0609. The van der Waals surface area contributed by atoms with Crippen LogP contribution in [0.25, 0.3) is 11.2 Å². The second kappa shape index (κ2) is 17.9. The number of aliphatic hydroxyl groups excluding tert-OH is 1. The lowest BCUT2D eigenvalue weighted by atomic mass is 9.99. The minimum Gasteiger partial charge on any atom is -0.445 e. The number of alkyl carbamates (subject to hydrolysis) is 1. The highest BCUT2D eigenvalue weighted by molar-refractivity contribution is 5.81. The fraction of sp³-hybridized carbons (Fsp3) is 0.742. The Kier molecular flexibility index (Phi) is 14.3. The maximum absolute atomic E-state index is 13.7. The fourth-order valence-corrected chi connectivity index (χ4v) is 5.43. The van der Waals surface area contributed by atoms with Crippen LogP contribution in [-0.2, 0) is 9.47 Å². The van der Waals surface area contributed by atoms with E-state index in [0.29, 0.717) is 6.54 Å². The zero-order valence-corrected chi connectivity index (χ0v) is 25.2. The monoisotopic (exact) mass is 588 g/mol. The van der Waals surface area contributed by atoms with Crippen molar-refractivity contribution in [3.63, 3.8) is 0 Å². The third-order valence-corrected chi connectivity index (χ3v) is 8.00. The quantitative estimate of drug-likeness (QED) is 0.0946. The summed E-state index contributed by atoms with van der Waals surface area (Å²) >= 11 is 0. The molecule has 10 nitrogen and oxygen atoms in total. The molecule has 0 aromatic carbocycles. The number of terminal acetylenes is 1. The second-order valence-corrected chi connectivity index (χ2v) is 11.4. The lowest BCUT2D eigenvalue weighted by molar-refractivity contribution is -0.0909. The Morgan fingerprint density at radius 2 is 1.67 bits per heavy atom. The number of rotatable bonds is 20. The Hall–Kier alpha value is -2.97. The van der Waals surface area contributed by atoms with Gasteiger partial charge in [-0.1, -0.05) is 109 Å². The number of aliphatic hydroxyl groups is 1. The van der Waals surface area contributed by atoms with Gasteiger partial charge in [-0.25, -0.2) is 9.78 Å². The lowest BCUT2D eigenvalue weighted by Gasteiger charge is -2.26. The number of nitrogen functional groups attached to an aromatic ring is 1. The molecule has 1 aliphatic heterocycles. The van der Waals surface area contributed by atoms with E-state index in [2.05, 4.69) is 33.1 Å². The highest BCUT2D eigenvalue weighted by Crippen LogP contribution is 2.38. The van der Waals surface area contributed by atoms with E-state index in [1.165, 1.54) is 94.4 Å². The Labute approximate surface area is 249 Å². The summed E-state index contributed by atoms with van der Waals surface area (Å²) in [4.78, 5) is 23.6. The van der Waals surface area contributed by atoms with Crippen LogP contribution < -0.4 is 11.1 Å². The van der Waals surface area contributed by atoms with Crippen LogP contribution in [0.2, 0.25) is 0 Å². The Morgan fingerprint density at radius 1 is 1.10 bits per heavy atom. The second-order valence-electron chi connectivity index (χ2n) is 11.4. The number of halogens is 1. The molecule has 2 aromatic heterocycles. The van der Waals surface area contributed by atoms with Gasteiger partial charge in [-0.15, -0.1) is 6.42 Å². The van der Waals surface area contributed by atoms with Gasteiger partial charge in [-0.05, 0) is 6.42 Å². The molecule has 0 radical (unpaired) electrons. The SMILES string of the molecule is C#C[C@]1(COC(=O)NCCCCCCCCCCCCCCCCCC)O[C@@H](n2cnc3c(N)nc(F)nc32)C[C@@H]1O. The average Bonchev–Trinajstić information content (AvgIpc) is 3.54. The molecule has 4 N–H and O–H groups in total. The highest BCUT2D eigenvalue weighted by atomic mass is 19.1. The molecule has 0 saturated carbocycles. The van der Waals surface area contributed by atoms with Crippen molar-refractivity contribution in [1.82, 2.24) is 24.8 Å². The van der Waals surface area contributed by atoms with Crippen LogP contribution in [0.4, 0.5) is 15.0 Å². The first-order chi connectivity index (χ1) is 20.4. The Bertz CT molecular complexity index is 1140. The summed E-state index contributed by atoms with van der Waals surface area (Å²) in [6.07, 6.45) is 24.1. The average molecular weight is 589 g/mol. The molecule has 3 rings (SSSR count). The number of aromatic nitrogens is 4. The van der Waals surface area contributed by atoms with Crippen LogP contribution in [0.5, 0.6) is 0 Å². The van der Waals surface area contributed by atoms with Crippen molar-refractivity contribution in [2.75, 3.05) is 18.9 Å². The molecular weight excluding hydrogens is 539 g/mol. The van der Waals surface area contributed by atoms with Gasteiger partial charge in [0.05, 0.1) is 6.33 Å². The third-order valence-electron chi connectivity index (χ3n) is 8.00. The number of carbonyl (C=O) groups is 1. The molecule has 2 aromatic rings. The maximum atomic E-state index is 13.7. The molecule has 3 heterocycles. The number of anilines is 1. The predicted octanol–water partition coefficient (Wildman–Crippen LogP) is 6.19. The third kappa shape index (κ3) is 10.1. The van der Waals surface area contributed by atoms with E-state index in [9.17, 15) is 14.3 Å². The van der Waals surface area contributed by atoms with E-state index < -0.39 is 30.1 Å². The van der Waals surface area contributed by atoms with Crippen LogP contribution in [0.1, 0.15) is 122 Å². The molecule has 0 unspecified atom stereocenters. The van der Waals surface area contributed by atoms with Gasteiger partial charge in [0, 0.05) is 13.0 Å². The van der Waals surface area contributed by atoms with Gasteiger partial charge in [-0.3, -0.25) is 4.57 Å². The number of ether oxygens (including phenoxy) is 2. The molecule has 3 atom stereocenters. The molecular formula is C31H49FN6O4. The zero-order valence-electron chi connectivity index (χ0n) is 25.2. The maximum Gasteiger partial charge on any atom is 0.407 e. The first-order valence-electron chi connectivity index (χ1n) is 15.8. The van der Waals surface area contributed by atoms with E-state index >= 15 is 0 Å². The van der Waals surface area contributed by atoms with Crippen molar-refractivity contribution in [2.24, 2.45) is 0 Å². The van der Waals surface area contributed by atoms with Gasteiger partial charge < -0.3 is 25.6 Å². The number of fused-ring (bicyclic) bond motifs is 1. The van der Waals surface area contributed by atoms with Crippen LogP contribution in [-0.4, -0.2) is 55.6 Å². The summed E-state index contributed by atoms with van der Waals surface area (Å²) in [6.45, 7) is 2.42. The lowest BCUT2D eigenvalue weighted by Crippen LogP contribution is -2.44. The van der Waals surface area contributed by atoms with E-state index in [1.807, 2.05) is 0 Å². The van der Waals surface area contributed by atoms with Gasteiger partial charge in [0.2, 0.25) is 0 Å². The molecule has 0 aliphatic carbocycles. The first kappa shape index (κ1) is 33.5. The zero-order chi connectivity index (χ0) is 30.2. The highest BCUT2D eigenvalue weighted by Gasteiger charge is 2.49. The number of nitrogens with two attached hydrogens (primary N) is 1. The largest absolute Gasteiger partial charge is 0.445 e. The molecule has 11 heteroatoms. The van der Waals surface area contributed by atoms with Crippen molar-refractivity contribution in [3.05, 3.63) is 12.4 Å². The summed E-state index contributed by atoms with van der Waals surface area (Å²) in [5.41, 5.74) is 4.48. The molecule has 1 aliphatic rings. The van der Waals surface area contributed by atoms with Crippen LogP contribution in [0, 0.1) is 18.4 Å². The molecule has 1 saturated heterocycles. The molecule has 234 valence electrons. The van der Waals surface area contributed by atoms with Crippen molar-refractivity contribution in [2.45, 2.75) is 134 Å². The molecule has 42 heavy (non-hydrogen) atoms. The number of imidazole rings is 1. The number of amides is 1. The van der Waals surface area contributed by atoms with Gasteiger partial charge in [0.25, 0.3) is 0 Å². The number of nitrogens with one attached hydrogen (secondary N) is 1. The number of unbranched alkanes of at least 4 members (excludes halogenated alkanes) is 15. The van der Waals surface area contributed by atoms with Gasteiger partial charge in [0.15, 0.2) is 22.6 Å².